The number of ether oxygens (including phenoxy) is 2. The Morgan fingerprint density at radius 2 is 2.00 bits per heavy atom. The van der Waals surface area contributed by atoms with Gasteiger partial charge in [-0.05, 0) is 26.9 Å². The first kappa shape index (κ1) is 9.96. The van der Waals surface area contributed by atoms with Crippen molar-refractivity contribution >= 4 is 0 Å². The van der Waals surface area contributed by atoms with Gasteiger partial charge in [0, 0.05) is 13.7 Å². The summed E-state index contributed by atoms with van der Waals surface area (Å²) >= 11 is 0. The van der Waals surface area contributed by atoms with E-state index in [1.54, 1.807) is 7.11 Å². The lowest BCUT2D eigenvalue weighted by Gasteiger charge is -2.17. The molecule has 3 nitrogen and oxygen atoms in total. The van der Waals surface area contributed by atoms with Crippen molar-refractivity contribution in [3.63, 3.8) is 0 Å². The molecule has 12 heavy (non-hydrogen) atoms. The van der Waals surface area contributed by atoms with Gasteiger partial charge >= 0.3 is 0 Å². The fraction of sp³-hybridized carbons (Fsp3) is 1.00. The van der Waals surface area contributed by atoms with Crippen molar-refractivity contribution in [2.75, 3.05) is 41.0 Å². The van der Waals surface area contributed by atoms with Crippen molar-refractivity contribution in [1.82, 2.24) is 4.90 Å². The van der Waals surface area contributed by atoms with E-state index in [0.29, 0.717) is 0 Å². The van der Waals surface area contributed by atoms with Crippen molar-refractivity contribution in [2.24, 2.45) is 0 Å². The van der Waals surface area contributed by atoms with E-state index in [9.17, 15) is 0 Å². The number of rotatable bonds is 6. The largest absolute Gasteiger partial charge is 0.382 e. The van der Waals surface area contributed by atoms with Crippen LogP contribution in [0.1, 0.15) is 12.8 Å². The third-order valence-electron chi connectivity index (χ3n) is 2.16. The Morgan fingerprint density at radius 1 is 1.33 bits per heavy atom. The first-order valence-corrected chi connectivity index (χ1v) is 4.46. The maximum Gasteiger partial charge on any atom is 0.0917 e. The molecule has 1 aliphatic carbocycles. The van der Waals surface area contributed by atoms with Crippen LogP contribution < -0.4 is 0 Å². The molecule has 0 radical (unpaired) electrons. The summed E-state index contributed by atoms with van der Waals surface area (Å²) in [6.45, 7) is 2.56. The van der Waals surface area contributed by atoms with Crippen molar-refractivity contribution in [2.45, 2.75) is 18.4 Å². The molecule has 0 N–H and O–H groups in total. The highest BCUT2D eigenvalue weighted by molar-refractivity contribution is 4.95. The van der Waals surface area contributed by atoms with Crippen LogP contribution in [0.15, 0.2) is 0 Å². The summed E-state index contributed by atoms with van der Waals surface area (Å²) in [5.41, 5.74) is 0.0881. The first-order valence-electron chi connectivity index (χ1n) is 4.46. The second kappa shape index (κ2) is 4.21. The second-order valence-electron chi connectivity index (χ2n) is 3.77. The van der Waals surface area contributed by atoms with E-state index in [2.05, 4.69) is 19.0 Å². The minimum Gasteiger partial charge on any atom is -0.382 e. The Hall–Kier alpha value is -0.120. The number of hydrogen-bond acceptors (Lipinski definition) is 3. The molecule has 3 heteroatoms. The third kappa shape index (κ3) is 3.09. The van der Waals surface area contributed by atoms with Crippen molar-refractivity contribution in [3.05, 3.63) is 0 Å². The predicted octanol–water partition coefficient (Wildman–Crippen LogP) is 0.744. The third-order valence-corrected chi connectivity index (χ3v) is 2.16. The number of likely N-dealkylation sites (N-methyl/N-ethyl adjacent to an activating group) is 1. The molecule has 0 unspecified atom stereocenters. The van der Waals surface area contributed by atoms with Gasteiger partial charge in [0.05, 0.1) is 18.8 Å². The molecule has 1 saturated carbocycles. The molecule has 0 aromatic rings. The molecule has 0 heterocycles. The minimum absolute atomic E-state index is 0.0881. The SMILES string of the molecule is COCC1(OCCN(C)C)CC1. The summed E-state index contributed by atoms with van der Waals surface area (Å²) in [7, 11) is 5.84. The summed E-state index contributed by atoms with van der Waals surface area (Å²) < 4.78 is 10.8. The fourth-order valence-electron chi connectivity index (χ4n) is 1.18. The molecule has 0 bridgehead atoms. The highest BCUT2D eigenvalue weighted by atomic mass is 16.5. The second-order valence-corrected chi connectivity index (χ2v) is 3.77. The molecular formula is C9H19NO2. The van der Waals surface area contributed by atoms with Crippen molar-refractivity contribution < 1.29 is 9.47 Å². The van der Waals surface area contributed by atoms with E-state index in [-0.39, 0.29) is 5.60 Å². The molecule has 0 spiro atoms. The van der Waals surface area contributed by atoms with E-state index in [1.165, 1.54) is 0 Å². The lowest BCUT2D eigenvalue weighted by Crippen LogP contribution is -2.26. The number of hydrogen-bond donors (Lipinski definition) is 0. The summed E-state index contributed by atoms with van der Waals surface area (Å²) in [5.74, 6) is 0. The zero-order valence-electron chi connectivity index (χ0n) is 8.30. The normalized spacial score (nSPS) is 20.0. The summed E-state index contributed by atoms with van der Waals surface area (Å²) in [6, 6.07) is 0. The Labute approximate surface area is 74.6 Å². The van der Waals surface area contributed by atoms with Gasteiger partial charge in [-0.1, -0.05) is 0 Å². The highest BCUT2D eigenvalue weighted by Gasteiger charge is 2.43. The van der Waals surface area contributed by atoms with Gasteiger partial charge in [0.15, 0.2) is 0 Å². The van der Waals surface area contributed by atoms with Crippen LogP contribution in [0.3, 0.4) is 0 Å². The first-order chi connectivity index (χ1) is 5.68. The fourth-order valence-corrected chi connectivity index (χ4v) is 1.18. The molecule has 0 aliphatic heterocycles. The topological polar surface area (TPSA) is 21.7 Å². The quantitative estimate of drug-likeness (QED) is 0.591. The lowest BCUT2D eigenvalue weighted by atomic mass is 10.4. The zero-order chi connectivity index (χ0) is 9.03. The van der Waals surface area contributed by atoms with E-state index < -0.39 is 0 Å². The van der Waals surface area contributed by atoms with E-state index >= 15 is 0 Å². The zero-order valence-corrected chi connectivity index (χ0v) is 8.30. The molecule has 0 saturated heterocycles. The monoisotopic (exact) mass is 173 g/mol. The van der Waals surface area contributed by atoms with Crippen LogP contribution in [0.5, 0.6) is 0 Å². The minimum atomic E-state index is 0.0881. The average molecular weight is 173 g/mol. The Morgan fingerprint density at radius 3 is 2.42 bits per heavy atom. The molecule has 1 aliphatic rings. The summed E-state index contributed by atoms with van der Waals surface area (Å²) in [6.07, 6.45) is 2.32. The Balaban J connectivity index is 2.06. The van der Waals surface area contributed by atoms with Gasteiger partial charge < -0.3 is 14.4 Å². The number of nitrogens with zero attached hydrogens (tertiary/aromatic N) is 1. The van der Waals surface area contributed by atoms with Crippen LogP contribution in [0.2, 0.25) is 0 Å². The van der Waals surface area contributed by atoms with Crippen molar-refractivity contribution in [3.8, 4) is 0 Å². The molecule has 1 rings (SSSR count). The maximum atomic E-state index is 5.73. The molecule has 0 aromatic heterocycles. The van der Waals surface area contributed by atoms with Crippen LogP contribution in [0.25, 0.3) is 0 Å². The van der Waals surface area contributed by atoms with Crippen LogP contribution in [-0.2, 0) is 9.47 Å². The van der Waals surface area contributed by atoms with Gasteiger partial charge in [0.2, 0.25) is 0 Å². The van der Waals surface area contributed by atoms with Gasteiger partial charge in [-0.25, -0.2) is 0 Å². The van der Waals surface area contributed by atoms with Crippen LogP contribution in [0.4, 0.5) is 0 Å². The molecule has 0 amide bonds. The molecule has 1 fully saturated rings. The van der Waals surface area contributed by atoms with Gasteiger partial charge in [0.1, 0.15) is 0 Å². The molecule has 0 aromatic carbocycles. The van der Waals surface area contributed by atoms with E-state index in [4.69, 9.17) is 9.47 Å². The van der Waals surface area contributed by atoms with E-state index in [0.717, 1.165) is 32.6 Å². The van der Waals surface area contributed by atoms with Gasteiger partial charge in [-0.3, -0.25) is 0 Å². The van der Waals surface area contributed by atoms with Gasteiger partial charge in [0.25, 0.3) is 0 Å². The lowest BCUT2D eigenvalue weighted by molar-refractivity contribution is -0.0249. The molecular weight excluding hydrogens is 154 g/mol. The standard InChI is InChI=1S/C9H19NO2/c1-10(2)6-7-12-9(4-5-9)8-11-3/h4-8H2,1-3H3. The van der Waals surface area contributed by atoms with Crippen LogP contribution >= 0.6 is 0 Å². The van der Waals surface area contributed by atoms with Gasteiger partial charge in [-0.2, -0.15) is 0 Å². The number of methoxy groups -OCH3 is 1. The predicted molar refractivity (Wildman–Crippen MR) is 48.3 cm³/mol. The van der Waals surface area contributed by atoms with Crippen LogP contribution in [0, 0.1) is 0 Å². The smallest absolute Gasteiger partial charge is 0.0917 e. The van der Waals surface area contributed by atoms with Crippen molar-refractivity contribution in [1.29, 1.82) is 0 Å². The summed E-state index contributed by atoms with van der Waals surface area (Å²) in [4.78, 5) is 2.13. The average Bonchev–Trinajstić information content (AvgIpc) is 2.69. The maximum absolute atomic E-state index is 5.73. The van der Waals surface area contributed by atoms with E-state index in [1.807, 2.05) is 0 Å². The molecule has 0 atom stereocenters. The molecule has 72 valence electrons. The Bertz CT molecular complexity index is 132. The van der Waals surface area contributed by atoms with Gasteiger partial charge in [-0.15, -0.1) is 0 Å². The Kier molecular flexibility index (Phi) is 3.50. The highest BCUT2D eigenvalue weighted by Crippen LogP contribution is 2.39. The summed E-state index contributed by atoms with van der Waals surface area (Å²) in [5, 5.41) is 0. The van der Waals surface area contributed by atoms with Crippen LogP contribution in [-0.4, -0.2) is 51.5 Å².